The van der Waals surface area contributed by atoms with Gasteiger partial charge in [0.25, 0.3) is 0 Å². The molecule has 1 unspecified atom stereocenters. The van der Waals surface area contributed by atoms with Gasteiger partial charge < -0.3 is 14.5 Å². The monoisotopic (exact) mass is 268 g/mol. The first-order valence-electron chi connectivity index (χ1n) is 6.75. The van der Waals surface area contributed by atoms with Crippen molar-refractivity contribution in [2.24, 2.45) is 5.92 Å². The number of nitrogens with zero attached hydrogens (tertiary/aromatic N) is 2. The summed E-state index contributed by atoms with van der Waals surface area (Å²) in [7, 11) is 1.34. The summed E-state index contributed by atoms with van der Waals surface area (Å²) in [6, 6.07) is 0. The summed E-state index contributed by atoms with van der Waals surface area (Å²) in [6.07, 6.45) is 2.60. The molecule has 19 heavy (non-hydrogen) atoms. The molecule has 0 N–H and O–H groups in total. The van der Waals surface area contributed by atoms with Gasteiger partial charge in [0.05, 0.1) is 13.0 Å². The molecule has 2 aliphatic rings. The lowest BCUT2D eigenvalue weighted by Crippen LogP contribution is -2.32. The van der Waals surface area contributed by atoms with Crippen LogP contribution in [0.25, 0.3) is 0 Å². The molecule has 2 heterocycles. The van der Waals surface area contributed by atoms with E-state index in [1.807, 2.05) is 4.90 Å². The summed E-state index contributed by atoms with van der Waals surface area (Å²) in [5.74, 6) is -0.431. The number of rotatable bonds is 5. The largest absolute Gasteiger partial charge is 0.469 e. The highest BCUT2D eigenvalue weighted by atomic mass is 16.5. The molecule has 2 saturated heterocycles. The Morgan fingerprint density at radius 2 is 2.00 bits per heavy atom. The topological polar surface area (TPSA) is 66.9 Å². The molecular weight excluding hydrogens is 248 g/mol. The number of hydrogen-bond acceptors (Lipinski definition) is 4. The molecule has 0 aromatic heterocycles. The van der Waals surface area contributed by atoms with Crippen LogP contribution >= 0.6 is 0 Å². The molecule has 2 rings (SSSR count). The fourth-order valence-electron chi connectivity index (χ4n) is 2.71. The maximum atomic E-state index is 11.7. The number of carbonyl (C=O) groups is 3. The van der Waals surface area contributed by atoms with Crippen molar-refractivity contribution in [3.63, 3.8) is 0 Å². The van der Waals surface area contributed by atoms with Crippen molar-refractivity contribution in [1.82, 2.24) is 9.80 Å². The molecular formula is C13H20N2O4. The van der Waals surface area contributed by atoms with Gasteiger partial charge in [-0.15, -0.1) is 0 Å². The Hall–Kier alpha value is -1.59. The predicted molar refractivity (Wildman–Crippen MR) is 67.1 cm³/mol. The van der Waals surface area contributed by atoms with Crippen LogP contribution in [-0.2, 0) is 19.1 Å². The molecule has 106 valence electrons. The first-order valence-corrected chi connectivity index (χ1v) is 6.75. The maximum absolute atomic E-state index is 11.7. The van der Waals surface area contributed by atoms with E-state index < -0.39 is 0 Å². The Bertz CT molecular complexity index is 383. The minimum atomic E-state index is -0.328. The summed E-state index contributed by atoms with van der Waals surface area (Å²) in [5.41, 5.74) is 0. The molecule has 2 aliphatic heterocycles. The summed E-state index contributed by atoms with van der Waals surface area (Å²) in [5, 5.41) is 0. The predicted octanol–water partition coefficient (Wildman–Crippen LogP) is 0.0204. The fraction of sp³-hybridized carbons (Fsp3) is 0.769. The van der Waals surface area contributed by atoms with E-state index in [1.165, 1.54) is 7.11 Å². The molecule has 0 aromatic carbocycles. The van der Waals surface area contributed by atoms with Crippen LogP contribution in [0.3, 0.4) is 0 Å². The van der Waals surface area contributed by atoms with Gasteiger partial charge in [-0.2, -0.15) is 0 Å². The molecule has 6 nitrogen and oxygen atoms in total. The number of methoxy groups -OCH3 is 1. The Kier molecular flexibility index (Phi) is 4.39. The van der Waals surface area contributed by atoms with Gasteiger partial charge in [0.2, 0.25) is 11.8 Å². The van der Waals surface area contributed by atoms with E-state index in [2.05, 4.69) is 4.74 Å². The third-order valence-electron chi connectivity index (χ3n) is 3.78. The first-order chi connectivity index (χ1) is 9.11. The third-order valence-corrected chi connectivity index (χ3v) is 3.78. The van der Waals surface area contributed by atoms with E-state index >= 15 is 0 Å². The normalized spacial score (nSPS) is 23.3. The zero-order valence-corrected chi connectivity index (χ0v) is 11.3. The van der Waals surface area contributed by atoms with Gasteiger partial charge in [0.15, 0.2) is 0 Å². The van der Waals surface area contributed by atoms with Gasteiger partial charge >= 0.3 is 5.97 Å². The van der Waals surface area contributed by atoms with Gasteiger partial charge in [-0.1, -0.05) is 0 Å². The van der Waals surface area contributed by atoms with E-state index in [0.29, 0.717) is 26.1 Å². The molecule has 1 atom stereocenters. The second-order valence-electron chi connectivity index (χ2n) is 5.10. The maximum Gasteiger partial charge on any atom is 0.310 e. The van der Waals surface area contributed by atoms with E-state index in [1.54, 1.807) is 4.90 Å². The zero-order chi connectivity index (χ0) is 13.8. The van der Waals surface area contributed by atoms with Gasteiger partial charge in [0, 0.05) is 39.0 Å². The highest BCUT2D eigenvalue weighted by Gasteiger charge is 2.34. The third kappa shape index (κ3) is 3.24. The number of esters is 1. The second kappa shape index (κ2) is 6.04. The van der Waals surface area contributed by atoms with Crippen molar-refractivity contribution >= 4 is 17.8 Å². The average molecular weight is 268 g/mol. The zero-order valence-electron chi connectivity index (χ0n) is 11.3. The first kappa shape index (κ1) is 13.8. The van der Waals surface area contributed by atoms with Crippen LogP contribution in [0, 0.1) is 5.92 Å². The molecule has 0 bridgehead atoms. The molecule has 0 aliphatic carbocycles. The van der Waals surface area contributed by atoms with Gasteiger partial charge in [-0.25, -0.2) is 0 Å². The van der Waals surface area contributed by atoms with Crippen molar-refractivity contribution in [3.8, 4) is 0 Å². The Morgan fingerprint density at radius 1 is 1.26 bits per heavy atom. The lowest BCUT2D eigenvalue weighted by Gasteiger charge is -2.19. The second-order valence-corrected chi connectivity index (χ2v) is 5.10. The van der Waals surface area contributed by atoms with Crippen LogP contribution in [0.4, 0.5) is 0 Å². The van der Waals surface area contributed by atoms with Crippen molar-refractivity contribution < 1.29 is 19.1 Å². The average Bonchev–Trinajstić information content (AvgIpc) is 2.96. The number of carbonyl (C=O) groups excluding carboxylic acids is 3. The highest BCUT2D eigenvalue weighted by molar-refractivity contribution is 5.86. The summed E-state index contributed by atoms with van der Waals surface area (Å²) in [6.45, 7) is 2.58. The quantitative estimate of drug-likeness (QED) is 0.659. The van der Waals surface area contributed by atoms with E-state index in [9.17, 15) is 14.4 Å². The molecule has 6 heteroatoms. The van der Waals surface area contributed by atoms with E-state index in [0.717, 1.165) is 19.4 Å². The smallest absolute Gasteiger partial charge is 0.310 e. The lowest BCUT2D eigenvalue weighted by atomic mass is 10.1. The molecule has 0 spiro atoms. The highest BCUT2D eigenvalue weighted by Crippen LogP contribution is 2.19. The fourth-order valence-corrected chi connectivity index (χ4v) is 2.71. The van der Waals surface area contributed by atoms with Gasteiger partial charge in [-0.3, -0.25) is 14.4 Å². The van der Waals surface area contributed by atoms with E-state index in [-0.39, 0.29) is 30.1 Å². The van der Waals surface area contributed by atoms with Crippen LogP contribution in [0.5, 0.6) is 0 Å². The number of hydrogen-bond donors (Lipinski definition) is 0. The van der Waals surface area contributed by atoms with Crippen LogP contribution in [0.1, 0.15) is 25.7 Å². The van der Waals surface area contributed by atoms with Crippen molar-refractivity contribution in [2.75, 3.05) is 33.3 Å². The Labute approximate surface area is 112 Å². The summed E-state index contributed by atoms with van der Waals surface area (Å²) in [4.78, 5) is 38.1. The van der Waals surface area contributed by atoms with Gasteiger partial charge in [0.1, 0.15) is 0 Å². The van der Waals surface area contributed by atoms with Crippen molar-refractivity contribution in [2.45, 2.75) is 25.7 Å². The minimum Gasteiger partial charge on any atom is -0.469 e. The van der Waals surface area contributed by atoms with Crippen molar-refractivity contribution in [1.29, 1.82) is 0 Å². The lowest BCUT2D eigenvalue weighted by molar-refractivity contribution is -0.145. The van der Waals surface area contributed by atoms with Crippen LogP contribution in [0.15, 0.2) is 0 Å². The molecule has 0 aromatic rings. The number of amides is 2. The minimum absolute atomic E-state index is 0.00292. The van der Waals surface area contributed by atoms with Crippen molar-refractivity contribution in [3.05, 3.63) is 0 Å². The molecule has 0 radical (unpaired) electrons. The molecule has 0 saturated carbocycles. The van der Waals surface area contributed by atoms with Crippen LogP contribution in [0.2, 0.25) is 0 Å². The molecule has 2 fully saturated rings. The standard InChI is InChI=1S/C13H20N2O4/c1-19-13(18)10-8-12(17)15(9-10)7-3-6-14-5-2-4-11(14)16/h10H,2-9H2,1H3. The van der Waals surface area contributed by atoms with Crippen LogP contribution in [-0.4, -0.2) is 60.9 Å². The number of ether oxygens (including phenoxy) is 1. The summed E-state index contributed by atoms with van der Waals surface area (Å²) < 4.78 is 4.66. The summed E-state index contributed by atoms with van der Waals surface area (Å²) >= 11 is 0. The number of likely N-dealkylation sites (tertiary alicyclic amines) is 2. The molecule has 2 amide bonds. The Balaban J connectivity index is 1.73. The van der Waals surface area contributed by atoms with Crippen LogP contribution < -0.4 is 0 Å². The van der Waals surface area contributed by atoms with Gasteiger partial charge in [-0.05, 0) is 12.8 Å². The SMILES string of the molecule is COC(=O)C1CC(=O)N(CCCN2CCCC2=O)C1. The van der Waals surface area contributed by atoms with E-state index in [4.69, 9.17) is 0 Å². The Morgan fingerprint density at radius 3 is 2.63 bits per heavy atom.